The number of rotatable bonds is 4. The van der Waals surface area contributed by atoms with Gasteiger partial charge < -0.3 is 10.3 Å². The van der Waals surface area contributed by atoms with Crippen LogP contribution in [0.3, 0.4) is 0 Å². The Morgan fingerprint density at radius 3 is 2.52 bits per heavy atom. The Bertz CT molecular complexity index is 712. The van der Waals surface area contributed by atoms with Gasteiger partial charge in [-0.15, -0.1) is 0 Å². The minimum Gasteiger partial charge on any atom is -0.352 e. The Morgan fingerprint density at radius 2 is 1.90 bits per heavy atom. The summed E-state index contributed by atoms with van der Waals surface area (Å²) in [4.78, 5) is 26.8. The summed E-state index contributed by atoms with van der Waals surface area (Å²) in [6.07, 6.45) is 2.34. The van der Waals surface area contributed by atoms with Gasteiger partial charge in [-0.25, -0.2) is 0 Å². The third kappa shape index (κ3) is 3.21. The zero-order valence-corrected chi connectivity index (χ0v) is 12.0. The van der Waals surface area contributed by atoms with E-state index >= 15 is 0 Å². The molecule has 1 fully saturated rings. The molecule has 0 unspecified atom stereocenters. The van der Waals surface area contributed by atoms with E-state index in [4.69, 9.17) is 0 Å². The molecule has 0 saturated heterocycles. The summed E-state index contributed by atoms with van der Waals surface area (Å²) >= 11 is 0. The van der Waals surface area contributed by atoms with Crippen molar-refractivity contribution in [1.29, 1.82) is 0 Å². The molecular weight excluding hydrogens is 264 g/mol. The SMILES string of the molecule is Cc1ccc(-c2ccc(C(=O)NCC3CC3)c(=O)[nH]2)cc1. The van der Waals surface area contributed by atoms with E-state index in [-0.39, 0.29) is 17.0 Å². The topological polar surface area (TPSA) is 62.0 Å². The molecule has 1 aliphatic rings. The molecule has 108 valence electrons. The van der Waals surface area contributed by atoms with E-state index in [1.807, 2.05) is 31.2 Å². The van der Waals surface area contributed by atoms with Crippen LogP contribution in [0.25, 0.3) is 11.3 Å². The van der Waals surface area contributed by atoms with E-state index in [1.165, 1.54) is 12.8 Å². The van der Waals surface area contributed by atoms with Crippen molar-refractivity contribution in [2.24, 2.45) is 5.92 Å². The number of amides is 1. The van der Waals surface area contributed by atoms with Crippen LogP contribution in [-0.2, 0) is 0 Å². The second-order valence-electron chi connectivity index (χ2n) is 5.63. The molecule has 2 N–H and O–H groups in total. The van der Waals surface area contributed by atoms with Gasteiger partial charge in [-0.05, 0) is 43.4 Å². The molecular formula is C17H18N2O2. The molecule has 1 amide bonds. The monoisotopic (exact) mass is 282 g/mol. The largest absolute Gasteiger partial charge is 0.352 e. The maximum atomic E-state index is 12.1. The van der Waals surface area contributed by atoms with Gasteiger partial charge in [0.05, 0.1) is 0 Å². The highest BCUT2D eigenvalue weighted by atomic mass is 16.2. The first-order valence-corrected chi connectivity index (χ1v) is 7.22. The van der Waals surface area contributed by atoms with Crippen LogP contribution in [0.4, 0.5) is 0 Å². The van der Waals surface area contributed by atoms with Crippen LogP contribution in [0.2, 0.25) is 0 Å². The zero-order chi connectivity index (χ0) is 14.8. The van der Waals surface area contributed by atoms with Crippen LogP contribution >= 0.6 is 0 Å². The Kier molecular flexibility index (Phi) is 3.60. The standard InChI is InChI=1S/C17H18N2O2/c1-11-2-6-13(7-3-11)15-9-8-14(17(21)19-15)16(20)18-10-12-4-5-12/h2-3,6-9,12H,4-5,10H2,1H3,(H,18,20)(H,19,21). The lowest BCUT2D eigenvalue weighted by molar-refractivity contribution is 0.0950. The van der Waals surface area contributed by atoms with Crippen molar-refractivity contribution in [1.82, 2.24) is 10.3 Å². The average molecular weight is 282 g/mol. The summed E-state index contributed by atoms with van der Waals surface area (Å²) in [5, 5.41) is 2.81. The Labute approximate surface area is 123 Å². The van der Waals surface area contributed by atoms with Crippen molar-refractivity contribution in [2.45, 2.75) is 19.8 Å². The van der Waals surface area contributed by atoms with Crippen LogP contribution < -0.4 is 10.9 Å². The number of hydrogen-bond acceptors (Lipinski definition) is 2. The predicted molar refractivity (Wildman–Crippen MR) is 82.3 cm³/mol. The smallest absolute Gasteiger partial charge is 0.261 e. The first-order valence-electron chi connectivity index (χ1n) is 7.22. The Hall–Kier alpha value is -2.36. The van der Waals surface area contributed by atoms with Gasteiger partial charge in [-0.2, -0.15) is 0 Å². The van der Waals surface area contributed by atoms with Crippen molar-refractivity contribution in [3.8, 4) is 11.3 Å². The highest BCUT2D eigenvalue weighted by Gasteiger charge is 2.22. The van der Waals surface area contributed by atoms with E-state index in [9.17, 15) is 9.59 Å². The average Bonchev–Trinajstić information content (AvgIpc) is 3.29. The molecule has 4 heteroatoms. The number of carbonyl (C=O) groups is 1. The van der Waals surface area contributed by atoms with E-state index in [1.54, 1.807) is 12.1 Å². The maximum Gasteiger partial charge on any atom is 0.261 e. The van der Waals surface area contributed by atoms with Gasteiger partial charge in [0.15, 0.2) is 0 Å². The normalized spacial score (nSPS) is 14.0. The van der Waals surface area contributed by atoms with Crippen molar-refractivity contribution >= 4 is 5.91 Å². The van der Waals surface area contributed by atoms with E-state index in [0.29, 0.717) is 12.5 Å². The molecule has 1 aliphatic carbocycles. The number of aromatic amines is 1. The number of hydrogen-bond donors (Lipinski definition) is 2. The molecule has 0 bridgehead atoms. The fourth-order valence-electron chi connectivity index (χ4n) is 2.21. The summed E-state index contributed by atoms with van der Waals surface area (Å²) in [7, 11) is 0. The van der Waals surface area contributed by atoms with Crippen LogP contribution in [0.15, 0.2) is 41.2 Å². The number of aromatic nitrogens is 1. The fourth-order valence-corrected chi connectivity index (χ4v) is 2.21. The molecule has 0 aliphatic heterocycles. The lowest BCUT2D eigenvalue weighted by atomic mass is 10.1. The molecule has 0 spiro atoms. The third-order valence-electron chi connectivity index (χ3n) is 3.76. The van der Waals surface area contributed by atoms with Gasteiger partial charge in [0.2, 0.25) is 0 Å². The number of H-pyrrole nitrogens is 1. The molecule has 0 radical (unpaired) electrons. The Balaban J connectivity index is 1.80. The molecule has 1 saturated carbocycles. The van der Waals surface area contributed by atoms with Crippen molar-refractivity contribution in [3.63, 3.8) is 0 Å². The van der Waals surface area contributed by atoms with Crippen LogP contribution in [0.1, 0.15) is 28.8 Å². The lowest BCUT2D eigenvalue weighted by Crippen LogP contribution is -2.31. The highest BCUT2D eigenvalue weighted by molar-refractivity contribution is 5.94. The molecule has 2 aromatic rings. The number of benzene rings is 1. The quantitative estimate of drug-likeness (QED) is 0.905. The first kappa shape index (κ1) is 13.6. The molecule has 21 heavy (non-hydrogen) atoms. The number of aryl methyl sites for hydroxylation is 1. The van der Waals surface area contributed by atoms with Crippen LogP contribution in [0, 0.1) is 12.8 Å². The van der Waals surface area contributed by atoms with Gasteiger partial charge in [-0.3, -0.25) is 9.59 Å². The Morgan fingerprint density at radius 1 is 1.19 bits per heavy atom. The first-order chi connectivity index (χ1) is 10.1. The second-order valence-corrected chi connectivity index (χ2v) is 5.63. The maximum absolute atomic E-state index is 12.1. The fraction of sp³-hybridized carbons (Fsp3) is 0.294. The minimum atomic E-state index is -0.346. The number of pyridine rings is 1. The van der Waals surface area contributed by atoms with Gasteiger partial charge in [0, 0.05) is 12.2 Å². The van der Waals surface area contributed by atoms with Crippen molar-refractivity contribution in [2.75, 3.05) is 6.54 Å². The molecule has 1 aromatic carbocycles. The van der Waals surface area contributed by atoms with E-state index in [0.717, 1.165) is 16.8 Å². The molecule has 1 aromatic heterocycles. The van der Waals surface area contributed by atoms with E-state index < -0.39 is 0 Å². The van der Waals surface area contributed by atoms with Gasteiger partial charge in [0.25, 0.3) is 11.5 Å². The van der Waals surface area contributed by atoms with E-state index in [2.05, 4.69) is 10.3 Å². The van der Waals surface area contributed by atoms with Crippen LogP contribution in [-0.4, -0.2) is 17.4 Å². The number of nitrogens with one attached hydrogen (secondary N) is 2. The molecule has 1 heterocycles. The summed E-state index contributed by atoms with van der Waals surface area (Å²) in [5.74, 6) is 0.304. The van der Waals surface area contributed by atoms with Crippen molar-refractivity contribution < 1.29 is 4.79 Å². The zero-order valence-electron chi connectivity index (χ0n) is 12.0. The second kappa shape index (κ2) is 5.56. The van der Waals surface area contributed by atoms with Crippen LogP contribution in [0.5, 0.6) is 0 Å². The molecule has 3 rings (SSSR count). The summed E-state index contributed by atoms with van der Waals surface area (Å²) in [6, 6.07) is 11.3. The van der Waals surface area contributed by atoms with Gasteiger partial charge >= 0.3 is 0 Å². The summed E-state index contributed by atoms with van der Waals surface area (Å²) in [6.45, 7) is 2.68. The van der Waals surface area contributed by atoms with Gasteiger partial charge in [-0.1, -0.05) is 29.8 Å². The highest BCUT2D eigenvalue weighted by Crippen LogP contribution is 2.27. The molecule has 4 nitrogen and oxygen atoms in total. The predicted octanol–water partition coefficient (Wildman–Crippen LogP) is 2.49. The van der Waals surface area contributed by atoms with Crippen molar-refractivity contribution in [3.05, 3.63) is 57.9 Å². The van der Waals surface area contributed by atoms with Gasteiger partial charge in [0.1, 0.15) is 5.56 Å². The summed E-state index contributed by atoms with van der Waals surface area (Å²) < 4.78 is 0. The molecule has 0 atom stereocenters. The minimum absolute atomic E-state index is 0.173. The lowest BCUT2D eigenvalue weighted by Gasteiger charge is -2.06. The summed E-state index contributed by atoms with van der Waals surface area (Å²) in [5.41, 5.74) is 2.64. The number of carbonyl (C=O) groups excluding carboxylic acids is 1. The third-order valence-corrected chi connectivity index (χ3v) is 3.76.